The highest BCUT2D eigenvalue weighted by Crippen LogP contribution is 2.35. The molecule has 3 heterocycles. The van der Waals surface area contributed by atoms with Crippen molar-refractivity contribution < 1.29 is 4.79 Å². The van der Waals surface area contributed by atoms with Gasteiger partial charge in [0.15, 0.2) is 5.78 Å². The van der Waals surface area contributed by atoms with Gasteiger partial charge < -0.3 is 0 Å². The van der Waals surface area contributed by atoms with Crippen LogP contribution in [0.5, 0.6) is 0 Å². The van der Waals surface area contributed by atoms with Gasteiger partial charge in [-0.25, -0.2) is 4.98 Å². The number of Topliss-reactive ketones (excluding diaryl/α,β-unsaturated/α-hetero) is 1. The van der Waals surface area contributed by atoms with Crippen molar-refractivity contribution in [1.29, 1.82) is 0 Å². The lowest BCUT2D eigenvalue weighted by molar-refractivity contribution is 0.0991. The van der Waals surface area contributed by atoms with Crippen molar-refractivity contribution >= 4 is 22.0 Å². The molecule has 0 amide bonds. The second kappa shape index (κ2) is 5.07. The van der Waals surface area contributed by atoms with Gasteiger partial charge in [-0.1, -0.05) is 13.0 Å². The number of carbonyl (C=O) groups excluding carboxylic acids is 1. The fourth-order valence-electron chi connectivity index (χ4n) is 2.40. The molecule has 21 heavy (non-hydrogen) atoms. The van der Waals surface area contributed by atoms with Crippen LogP contribution >= 0.6 is 11.3 Å². The molecule has 0 aromatic carbocycles. The first-order valence-electron chi connectivity index (χ1n) is 6.94. The van der Waals surface area contributed by atoms with E-state index in [2.05, 4.69) is 29.9 Å². The average molecular weight is 299 g/mol. The Bertz CT molecular complexity index is 786. The van der Waals surface area contributed by atoms with Gasteiger partial charge in [0, 0.05) is 30.4 Å². The number of carbonyl (C=O) groups is 1. The van der Waals surface area contributed by atoms with E-state index in [1.54, 1.807) is 12.5 Å². The van der Waals surface area contributed by atoms with Crippen molar-refractivity contribution in [3.05, 3.63) is 53.2 Å². The van der Waals surface area contributed by atoms with E-state index >= 15 is 0 Å². The molecule has 0 aliphatic rings. The van der Waals surface area contributed by atoms with Crippen molar-refractivity contribution in [2.24, 2.45) is 0 Å². The second-order valence-corrected chi connectivity index (χ2v) is 6.58. The van der Waals surface area contributed by atoms with Crippen LogP contribution in [-0.2, 0) is 5.41 Å². The molecule has 3 aromatic rings. The van der Waals surface area contributed by atoms with E-state index in [-0.39, 0.29) is 11.2 Å². The summed E-state index contributed by atoms with van der Waals surface area (Å²) in [6, 6.07) is 3.99. The SMILES string of the molecule is CCC(=O)c1cn2cnc(C(C)(C)c3cccnc3)c2s1. The summed E-state index contributed by atoms with van der Waals surface area (Å²) >= 11 is 1.52. The molecule has 0 aliphatic heterocycles. The third-order valence-corrected chi connectivity index (χ3v) is 4.93. The molecule has 5 heteroatoms. The topological polar surface area (TPSA) is 47.3 Å². The number of hydrogen-bond donors (Lipinski definition) is 0. The molecule has 0 atom stereocenters. The van der Waals surface area contributed by atoms with Gasteiger partial charge in [-0.15, -0.1) is 11.3 Å². The molecule has 0 spiro atoms. The first-order valence-corrected chi connectivity index (χ1v) is 7.76. The maximum atomic E-state index is 11.9. The summed E-state index contributed by atoms with van der Waals surface area (Å²) in [5.74, 6) is 0.175. The maximum absolute atomic E-state index is 11.9. The van der Waals surface area contributed by atoms with Crippen molar-refractivity contribution in [2.45, 2.75) is 32.6 Å². The number of nitrogens with zero attached hydrogens (tertiary/aromatic N) is 3. The highest BCUT2D eigenvalue weighted by atomic mass is 32.1. The summed E-state index contributed by atoms with van der Waals surface area (Å²) in [5.41, 5.74) is 1.85. The molecule has 0 saturated heterocycles. The molecule has 0 unspecified atom stereocenters. The number of thiazole rings is 1. The van der Waals surface area contributed by atoms with Crippen molar-refractivity contribution in [1.82, 2.24) is 14.4 Å². The summed E-state index contributed by atoms with van der Waals surface area (Å²) in [6.45, 7) is 6.15. The summed E-state index contributed by atoms with van der Waals surface area (Å²) in [4.78, 5) is 22.5. The van der Waals surface area contributed by atoms with Crippen molar-refractivity contribution in [3.8, 4) is 0 Å². The van der Waals surface area contributed by atoms with Gasteiger partial charge in [0.25, 0.3) is 0 Å². The number of aromatic nitrogens is 3. The van der Waals surface area contributed by atoms with E-state index in [1.807, 2.05) is 29.8 Å². The first-order chi connectivity index (χ1) is 10.0. The predicted molar refractivity (Wildman–Crippen MR) is 84.1 cm³/mol. The van der Waals surface area contributed by atoms with E-state index in [0.29, 0.717) is 6.42 Å². The Balaban J connectivity index is 2.12. The van der Waals surface area contributed by atoms with Crippen LogP contribution in [0.3, 0.4) is 0 Å². The molecule has 0 aliphatic carbocycles. The van der Waals surface area contributed by atoms with Crippen LogP contribution in [0.25, 0.3) is 4.83 Å². The Morgan fingerprint density at radius 3 is 2.90 bits per heavy atom. The van der Waals surface area contributed by atoms with Gasteiger partial charge in [-0.3, -0.25) is 14.2 Å². The number of imidazole rings is 1. The monoisotopic (exact) mass is 299 g/mol. The highest BCUT2D eigenvalue weighted by Gasteiger charge is 2.29. The van der Waals surface area contributed by atoms with Gasteiger partial charge in [0.05, 0.1) is 10.6 Å². The Labute approximate surface area is 127 Å². The minimum atomic E-state index is -0.250. The van der Waals surface area contributed by atoms with E-state index < -0.39 is 0 Å². The van der Waals surface area contributed by atoms with Gasteiger partial charge in [0.2, 0.25) is 0 Å². The smallest absolute Gasteiger partial charge is 0.174 e. The van der Waals surface area contributed by atoms with Gasteiger partial charge in [0.1, 0.15) is 11.2 Å². The zero-order chi connectivity index (χ0) is 15.0. The predicted octanol–water partition coefficient (Wildman–Crippen LogP) is 3.71. The molecule has 0 fully saturated rings. The Hall–Kier alpha value is -2.01. The fraction of sp³-hybridized carbons (Fsp3) is 0.312. The molecule has 0 N–H and O–H groups in total. The van der Waals surface area contributed by atoms with Crippen molar-refractivity contribution in [2.75, 3.05) is 0 Å². The molecule has 4 nitrogen and oxygen atoms in total. The molecule has 0 saturated carbocycles. The number of fused-ring (bicyclic) bond motifs is 1. The lowest BCUT2D eigenvalue weighted by atomic mass is 9.83. The lowest BCUT2D eigenvalue weighted by Gasteiger charge is -2.22. The number of rotatable bonds is 4. The summed E-state index contributed by atoms with van der Waals surface area (Å²) in [7, 11) is 0. The molecule has 0 radical (unpaired) electrons. The van der Waals surface area contributed by atoms with Gasteiger partial charge in [-0.2, -0.15) is 0 Å². The quantitative estimate of drug-likeness (QED) is 0.690. The molecular formula is C16H17N3OS. The van der Waals surface area contributed by atoms with Gasteiger partial charge >= 0.3 is 0 Å². The Morgan fingerprint density at radius 2 is 2.24 bits per heavy atom. The van der Waals surface area contributed by atoms with Crippen LogP contribution < -0.4 is 0 Å². The maximum Gasteiger partial charge on any atom is 0.174 e. The van der Waals surface area contributed by atoms with E-state index in [0.717, 1.165) is 21.0 Å². The normalized spacial score (nSPS) is 12.0. The van der Waals surface area contributed by atoms with E-state index in [4.69, 9.17) is 0 Å². The van der Waals surface area contributed by atoms with Crippen LogP contribution in [0.2, 0.25) is 0 Å². The van der Waals surface area contributed by atoms with Crippen LogP contribution in [0.1, 0.15) is 48.1 Å². The number of pyridine rings is 1. The summed E-state index contributed by atoms with van der Waals surface area (Å²) in [6.07, 6.45) is 7.83. The van der Waals surface area contributed by atoms with Crippen LogP contribution in [0.15, 0.2) is 37.1 Å². The van der Waals surface area contributed by atoms with Crippen LogP contribution in [0.4, 0.5) is 0 Å². The zero-order valence-corrected chi connectivity index (χ0v) is 13.1. The number of hydrogen-bond acceptors (Lipinski definition) is 4. The highest BCUT2D eigenvalue weighted by molar-refractivity contribution is 7.19. The Kier molecular flexibility index (Phi) is 3.37. The molecule has 3 aromatic heterocycles. The standard InChI is InChI=1S/C16H17N3OS/c1-4-12(20)13-9-19-10-18-14(15(19)21-13)16(2,3)11-6-5-7-17-8-11/h5-10H,4H2,1-3H3. The molecule has 3 rings (SSSR count). The average Bonchev–Trinajstić information content (AvgIpc) is 3.07. The van der Waals surface area contributed by atoms with E-state index in [1.165, 1.54) is 11.3 Å². The summed E-state index contributed by atoms with van der Waals surface area (Å²) < 4.78 is 1.95. The largest absolute Gasteiger partial charge is 0.296 e. The minimum Gasteiger partial charge on any atom is -0.296 e. The minimum absolute atomic E-state index is 0.175. The number of ketones is 1. The molecule has 0 bridgehead atoms. The van der Waals surface area contributed by atoms with Crippen LogP contribution in [0, 0.1) is 0 Å². The summed E-state index contributed by atoms with van der Waals surface area (Å²) in [5, 5.41) is 0. The second-order valence-electron chi connectivity index (χ2n) is 5.54. The Morgan fingerprint density at radius 1 is 1.43 bits per heavy atom. The van der Waals surface area contributed by atoms with Crippen molar-refractivity contribution in [3.63, 3.8) is 0 Å². The first kappa shape index (κ1) is 13.9. The zero-order valence-electron chi connectivity index (χ0n) is 12.3. The lowest BCUT2D eigenvalue weighted by Crippen LogP contribution is -2.19. The fourth-order valence-corrected chi connectivity index (χ4v) is 3.64. The molecular weight excluding hydrogens is 282 g/mol. The third kappa shape index (κ3) is 2.27. The van der Waals surface area contributed by atoms with E-state index in [9.17, 15) is 4.79 Å². The van der Waals surface area contributed by atoms with Crippen LogP contribution in [-0.4, -0.2) is 20.2 Å². The third-order valence-electron chi connectivity index (χ3n) is 3.78. The van der Waals surface area contributed by atoms with Gasteiger partial charge in [-0.05, 0) is 25.5 Å². The molecule has 108 valence electrons.